The molecule has 0 aliphatic carbocycles. The van der Waals surface area contributed by atoms with E-state index < -0.39 is 9.84 Å². The third-order valence-electron chi connectivity index (χ3n) is 4.16. The summed E-state index contributed by atoms with van der Waals surface area (Å²) in [5, 5.41) is 0.508. The third-order valence-corrected chi connectivity index (χ3v) is 6.93. The molecular formula is C20H13BrO4S2. The summed E-state index contributed by atoms with van der Waals surface area (Å²) < 4.78 is 30.4. The molecule has 0 fully saturated rings. The van der Waals surface area contributed by atoms with E-state index in [4.69, 9.17) is 4.42 Å². The molecule has 0 N–H and O–H groups in total. The van der Waals surface area contributed by atoms with Crippen LogP contribution in [0.5, 0.6) is 0 Å². The van der Waals surface area contributed by atoms with Gasteiger partial charge in [-0.25, -0.2) is 8.42 Å². The first kappa shape index (κ1) is 18.2. The summed E-state index contributed by atoms with van der Waals surface area (Å²) in [5.74, 6) is 0.424. The molecule has 0 amide bonds. The van der Waals surface area contributed by atoms with Crippen molar-refractivity contribution in [3.05, 3.63) is 74.7 Å². The molecule has 0 radical (unpaired) electrons. The van der Waals surface area contributed by atoms with Crippen LogP contribution in [-0.4, -0.2) is 14.7 Å². The van der Waals surface area contributed by atoms with Gasteiger partial charge in [0.25, 0.3) is 0 Å². The highest BCUT2D eigenvalue weighted by molar-refractivity contribution is 9.11. The highest BCUT2D eigenvalue weighted by Crippen LogP contribution is 2.37. The molecule has 4 rings (SSSR count). The number of hydrogen-bond acceptors (Lipinski definition) is 5. The fourth-order valence-corrected chi connectivity index (χ4v) is 4.93. The van der Waals surface area contributed by atoms with E-state index in [1.165, 1.54) is 23.5 Å². The first-order valence-corrected chi connectivity index (χ1v) is 11.5. The first-order chi connectivity index (χ1) is 12.8. The van der Waals surface area contributed by atoms with E-state index in [-0.39, 0.29) is 10.3 Å². The van der Waals surface area contributed by atoms with Gasteiger partial charge in [-0.2, -0.15) is 0 Å². The zero-order valence-electron chi connectivity index (χ0n) is 14.1. The van der Waals surface area contributed by atoms with Crippen LogP contribution in [0.1, 0.15) is 0 Å². The van der Waals surface area contributed by atoms with Crippen molar-refractivity contribution >= 4 is 48.1 Å². The molecule has 0 aliphatic heterocycles. The predicted molar refractivity (Wildman–Crippen MR) is 112 cm³/mol. The van der Waals surface area contributed by atoms with Gasteiger partial charge in [-0.3, -0.25) is 4.79 Å². The summed E-state index contributed by atoms with van der Waals surface area (Å²) in [5.41, 5.74) is 1.48. The Labute approximate surface area is 168 Å². The molecule has 2 heterocycles. The summed E-state index contributed by atoms with van der Waals surface area (Å²) in [7, 11) is -3.30. The largest absolute Gasteiger partial charge is 0.455 e. The van der Waals surface area contributed by atoms with Gasteiger partial charge < -0.3 is 4.42 Å². The van der Waals surface area contributed by atoms with Crippen LogP contribution >= 0.6 is 27.3 Å². The van der Waals surface area contributed by atoms with Gasteiger partial charge in [-0.05, 0) is 64.5 Å². The van der Waals surface area contributed by atoms with Crippen molar-refractivity contribution in [3.8, 4) is 21.8 Å². The predicted octanol–water partition coefficient (Wildman–Crippen LogP) is 5.35. The Bertz CT molecular complexity index is 1320. The van der Waals surface area contributed by atoms with Gasteiger partial charge >= 0.3 is 0 Å². The third kappa shape index (κ3) is 3.38. The SMILES string of the molecule is CS(=O)(=O)c1ccc(-c2oc3ccccc3c(=O)c2-c2ccc(Br)s2)cc1. The van der Waals surface area contributed by atoms with Gasteiger partial charge in [0, 0.05) is 16.7 Å². The van der Waals surface area contributed by atoms with Gasteiger partial charge in [0.15, 0.2) is 9.84 Å². The van der Waals surface area contributed by atoms with E-state index in [0.29, 0.717) is 27.9 Å². The molecule has 0 atom stereocenters. The molecule has 0 bridgehead atoms. The topological polar surface area (TPSA) is 64.3 Å². The Balaban J connectivity index is 2.03. The zero-order valence-corrected chi connectivity index (χ0v) is 17.3. The van der Waals surface area contributed by atoms with Gasteiger partial charge in [-0.1, -0.05) is 12.1 Å². The molecule has 2 aromatic heterocycles. The van der Waals surface area contributed by atoms with Gasteiger partial charge in [0.2, 0.25) is 5.43 Å². The Morgan fingerprint density at radius 2 is 1.67 bits per heavy atom. The van der Waals surface area contributed by atoms with Crippen LogP contribution in [0.4, 0.5) is 0 Å². The van der Waals surface area contributed by atoms with Crippen LogP contribution in [0.15, 0.2) is 78.6 Å². The van der Waals surface area contributed by atoms with Crippen molar-refractivity contribution < 1.29 is 12.8 Å². The van der Waals surface area contributed by atoms with E-state index in [2.05, 4.69) is 15.9 Å². The fourth-order valence-electron chi connectivity index (χ4n) is 2.87. The van der Waals surface area contributed by atoms with E-state index in [9.17, 15) is 13.2 Å². The van der Waals surface area contributed by atoms with Crippen LogP contribution in [0.25, 0.3) is 32.7 Å². The number of halogens is 1. The van der Waals surface area contributed by atoms with Gasteiger partial charge in [0.05, 0.1) is 19.6 Å². The maximum atomic E-state index is 13.2. The quantitative estimate of drug-likeness (QED) is 0.413. The molecule has 136 valence electrons. The van der Waals surface area contributed by atoms with Crippen molar-refractivity contribution in [3.63, 3.8) is 0 Å². The van der Waals surface area contributed by atoms with E-state index in [1.54, 1.807) is 30.3 Å². The standard InChI is InChI=1S/C20H13BrO4S2/c1-27(23,24)13-8-6-12(7-9-13)20-18(16-10-11-17(21)26-16)19(22)14-4-2-3-5-15(14)25-20/h2-11H,1H3. The number of hydrogen-bond donors (Lipinski definition) is 0. The number of thiophene rings is 1. The minimum absolute atomic E-state index is 0.117. The highest BCUT2D eigenvalue weighted by atomic mass is 79.9. The van der Waals surface area contributed by atoms with Crippen molar-refractivity contribution in [2.75, 3.05) is 6.26 Å². The Hall–Kier alpha value is -2.22. The number of sulfone groups is 1. The van der Waals surface area contributed by atoms with E-state index >= 15 is 0 Å². The lowest BCUT2D eigenvalue weighted by Gasteiger charge is -2.09. The second-order valence-corrected chi connectivity index (χ2v) is 10.5. The summed E-state index contributed by atoms with van der Waals surface area (Å²) in [6.45, 7) is 0. The maximum Gasteiger partial charge on any atom is 0.201 e. The summed E-state index contributed by atoms with van der Waals surface area (Å²) in [6.07, 6.45) is 1.16. The lowest BCUT2D eigenvalue weighted by Crippen LogP contribution is -2.06. The van der Waals surface area contributed by atoms with Crippen molar-refractivity contribution in [1.29, 1.82) is 0 Å². The summed E-state index contributed by atoms with van der Waals surface area (Å²) >= 11 is 4.88. The molecule has 4 aromatic rings. The minimum Gasteiger partial charge on any atom is -0.455 e. The van der Waals surface area contributed by atoms with Crippen molar-refractivity contribution in [2.24, 2.45) is 0 Å². The number of fused-ring (bicyclic) bond motifs is 1. The minimum atomic E-state index is -3.30. The van der Waals surface area contributed by atoms with Gasteiger partial charge in [-0.15, -0.1) is 11.3 Å². The molecule has 4 nitrogen and oxygen atoms in total. The molecular weight excluding hydrogens is 448 g/mol. The first-order valence-electron chi connectivity index (χ1n) is 7.96. The average Bonchev–Trinajstić information content (AvgIpc) is 3.07. The second kappa shape index (κ2) is 6.74. The smallest absolute Gasteiger partial charge is 0.201 e. The lowest BCUT2D eigenvalue weighted by atomic mass is 10.0. The van der Waals surface area contributed by atoms with E-state index in [0.717, 1.165) is 14.9 Å². The average molecular weight is 461 g/mol. The highest BCUT2D eigenvalue weighted by Gasteiger charge is 2.19. The Morgan fingerprint density at radius 3 is 2.30 bits per heavy atom. The molecule has 2 aromatic carbocycles. The van der Waals surface area contributed by atoms with E-state index in [1.807, 2.05) is 18.2 Å². The van der Waals surface area contributed by atoms with Crippen LogP contribution in [0.2, 0.25) is 0 Å². The molecule has 0 aliphatic rings. The summed E-state index contributed by atoms with van der Waals surface area (Å²) in [6, 6.07) is 17.2. The second-order valence-electron chi connectivity index (χ2n) is 6.03. The van der Waals surface area contributed by atoms with Crippen LogP contribution in [0, 0.1) is 0 Å². The molecule has 0 saturated carbocycles. The maximum absolute atomic E-state index is 13.2. The number of benzene rings is 2. The molecule has 0 spiro atoms. The molecule has 0 saturated heterocycles. The van der Waals surface area contributed by atoms with Crippen LogP contribution in [0.3, 0.4) is 0 Å². The molecule has 27 heavy (non-hydrogen) atoms. The fraction of sp³-hybridized carbons (Fsp3) is 0.0500. The molecule has 0 unspecified atom stereocenters. The normalized spacial score (nSPS) is 11.8. The summed E-state index contributed by atoms with van der Waals surface area (Å²) in [4.78, 5) is 14.2. The zero-order chi connectivity index (χ0) is 19.2. The lowest BCUT2D eigenvalue weighted by molar-refractivity contribution is 0.601. The Morgan fingerprint density at radius 1 is 0.963 bits per heavy atom. The van der Waals surface area contributed by atoms with Crippen LogP contribution in [-0.2, 0) is 9.84 Å². The van der Waals surface area contributed by atoms with Crippen molar-refractivity contribution in [1.82, 2.24) is 0 Å². The van der Waals surface area contributed by atoms with Crippen LogP contribution < -0.4 is 5.43 Å². The number of rotatable bonds is 3. The molecule has 7 heteroatoms. The number of para-hydroxylation sites is 1. The monoisotopic (exact) mass is 460 g/mol. The Kier molecular flexibility index (Phi) is 4.53. The van der Waals surface area contributed by atoms with Gasteiger partial charge in [0.1, 0.15) is 11.3 Å². The van der Waals surface area contributed by atoms with Crippen molar-refractivity contribution in [2.45, 2.75) is 4.90 Å².